The molecular weight excluding hydrogens is 212 g/mol. The number of hydrogen-bond acceptors (Lipinski definition) is 2. The van der Waals surface area contributed by atoms with Gasteiger partial charge in [0.1, 0.15) is 0 Å². The Morgan fingerprint density at radius 3 is 2.59 bits per heavy atom. The Morgan fingerprint density at radius 1 is 1.29 bits per heavy atom. The molecule has 0 bridgehead atoms. The van der Waals surface area contributed by atoms with Gasteiger partial charge in [0.05, 0.1) is 12.2 Å². The van der Waals surface area contributed by atoms with Crippen molar-refractivity contribution in [3.05, 3.63) is 35.9 Å². The van der Waals surface area contributed by atoms with E-state index in [1.165, 1.54) is 0 Å². The monoisotopic (exact) mass is 234 g/mol. The van der Waals surface area contributed by atoms with E-state index in [4.69, 9.17) is 0 Å². The maximum Gasteiger partial charge on any atom is 0.0870 e. The third kappa shape index (κ3) is 2.24. The third-order valence-corrected chi connectivity index (χ3v) is 4.35. The van der Waals surface area contributed by atoms with Gasteiger partial charge >= 0.3 is 0 Å². The van der Waals surface area contributed by atoms with Crippen LogP contribution in [0, 0.1) is 5.41 Å². The normalized spacial score (nSPS) is 31.1. The summed E-state index contributed by atoms with van der Waals surface area (Å²) in [5.74, 6) is 0. The Hall–Kier alpha value is -0.860. The summed E-state index contributed by atoms with van der Waals surface area (Å²) in [6, 6.07) is 9.73. The highest BCUT2D eigenvalue weighted by Gasteiger charge is 2.44. The van der Waals surface area contributed by atoms with Crippen molar-refractivity contribution in [2.24, 2.45) is 5.41 Å². The molecule has 3 atom stereocenters. The zero-order valence-electron chi connectivity index (χ0n) is 10.5. The van der Waals surface area contributed by atoms with Gasteiger partial charge in [-0.3, -0.25) is 0 Å². The van der Waals surface area contributed by atoms with Gasteiger partial charge in [-0.25, -0.2) is 0 Å². The third-order valence-electron chi connectivity index (χ3n) is 4.35. The molecule has 1 aliphatic carbocycles. The zero-order chi connectivity index (χ0) is 12.3. The second-order valence-corrected chi connectivity index (χ2v) is 5.16. The van der Waals surface area contributed by atoms with Gasteiger partial charge in [-0.2, -0.15) is 0 Å². The van der Waals surface area contributed by atoms with Gasteiger partial charge in [-0.15, -0.1) is 0 Å². The lowest BCUT2D eigenvalue weighted by Crippen LogP contribution is -2.42. The SMILES string of the molecule is CC[C@]1([C@@H](O)c2ccccc2)CCCC[C@@H]1O. The number of aliphatic hydroxyl groups is 2. The molecule has 0 aliphatic heterocycles. The zero-order valence-corrected chi connectivity index (χ0v) is 10.5. The van der Waals surface area contributed by atoms with Gasteiger partial charge < -0.3 is 10.2 Å². The highest BCUT2D eigenvalue weighted by Crippen LogP contribution is 2.48. The van der Waals surface area contributed by atoms with Crippen LogP contribution in [0.3, 0.4) is 0 Å². The van der Waals surface area contributed by atoms with Crippen LogP contribution in [0.1, 0.15) is 50.7 Å². The smallest absolute Gasteiger partial charge is 0.0870 e. The number of rotatable bonds is 3. The van der Waals surface area contributed by atoms with Crippen LogP contribution in [0.2, 0.25) is 0 Å². The van der Waals surface area contributed by atoms with Crippen LogP contribution in [-0.2, 0) is 0 Å². The first-order valence-corrected chi connectivity index (χ1v) is 6.62. The standard InChI is InChI=1S/C15H22O2/c1-2-15(11-7-6-10-13(15)16)14(17)12-8-4-3-5-9-12/h3-5,8-9,13-14,16-17H,2,6-7,10-11H2,1H3/t13-,14-,15-/m0/s1. The molecule has 17 heavy (non-hydrogen) atoms. The predicted molar refractivity (Wildman–Crippen MR) is 68.6 cm³/mol. The van der Waals surface area contributed by atoms with Crippen molar-refractivity contribution in [3.8, 4) is 0 Å². The van der Waals surface area contributed by atoms with Gasteiger partial charge in [-0.1, -0.05) is 50.1 Å². The molecule has 1 aromatic carbocycles. The van der Waals surface area contributed by atoms with Crippen molar-refractivity contribution in [3.63, 3.8) is 0 Å². The fourth-order valence-corrected chi connectivity index (χ4v) is 3.14. The van der Waals surface area contributed by atoms with Gasteiger partial charge in [0.15, 0.2) is 0 Å². The fourth-order valence-electron chi connectivity index (χ4n) is 3.14. The largest absolute Gasteiger partial charge is 0.392 e. The molecule has 0 unspecified atom stereocenters. The Balaban J connectivity index is 2.28. The van der Waals surface area contributed by atoms with Crippen molar-refractivity contribution >= 4 is 0 Å². The molecule has 0 amide bonds. The molecule has 0 aromatic heterocycles. The lowest BCUT2D eigenvalue weighted by molar-refractivity contribution is -0.0994. The van der Waals surface area contributed by atoms with E-state index in [0.717, 1.165) is 37.7 Å². The molecule has 1 saturated carbocycles. The van der Waals surface area contributed by atoms with Gasteiger partial charge in [-0.05, 0) is 24.8 Å². The summed E-state index contributed by atoms with van der Waals surface area (Å²) in [7, 11) is 0. The molecule has 0 spiro atoms. The van der Waals surface area contributed by atoms with E-state index >= 15 is 0 Å². The molecule has 2 rings (SSSR count). The first kappa shape index (κ1) is 12.6. The van der Waals surface area contributed by atoms with Crippen LogP contribution >= 0.6 is 0 Å². The molecular formula is C15H22O2. The van der Waals surface area contributed by atoms with Gasteiger partial charge in [0.25, 0.3) is 0 Å². The molecule has 2 N–H and O–H groups in total. The molecule has 94 valence electrons. The Labute approximate surface area is 103 Å². The minimum absolute atomic E-state index is 0.348. The molecule has 0 heterocycles. The Bertz CT molecular complexity index is 349. The summed E-state index contributed by atoms with van der Waals surface area (Å²) < 4.78 is 0. The van der Waals surface area contributed by atoms with Crippen LogP contribution in [0.4, 0.5) is 0 Å². The summed E-state index contributed by atoms with van der Waals surface area (Å²) in [6.45, 7) is 2.07. The summed E-state index contributed by atoms with van der Waals surface area (Å²) in [5.41, 5.74) is 0.579. The summed E-state index contributed by atoms with van der Waals surface area (Å²) in [6.07, 6.45) is 3.81. The van der Waals surface area contributed by atoms with Crippen LogP contribution in [-0.4, -0.2) is 16.3 Å². The number of benzene rings is 1. The first-order chi connectivity index (χ1) is 8.20. The maximum absolute atomic E-state index is 10.6. The molecule has 2 nitrogen and oxygen atoms in total. The predicted octanol–water partition coefficient (Wildman–Crippen LogP) is 3.05. The summed E-state index contributed by atoms with van der Waals surface area (Å²) in [4.78, 5) is 0. The summed E-state index contributed by atoms with van der Waals surface area (Å²) >= 11 is 0. The van der Waals surface area contributed by atoms with Crippen LogP contribution in [0.25, 0.3) is 0 Å². The van der Waals surface area contributed by atoms with E-state index in [1.807, 2.05) is 30.3 Å². The minimum Gasteiger partial charge on any atom is -0.392 e. The molecule has 1 aromatic rings. The lowest BCUT2D eigenvalue weighted by atomic mass is 9.65. The first-order valence-electron chi connectivity index (χ1n) is 6.62. The van der Waals surface area contributed by atoms with Gasteiger partial charge in [0.2, 0.25) is 0 Å². The fraction of sp³-hybridized carbons (Fsp3) is 0.600. The maximum atomic E-state index is 10.6. The molecule has 2 heteroatoms. The van der Waals surface area contributed by atoms with E-state index in [9.17, 15) is 10.2 Å². The number of aliphatic hydroxyl groups excluding tert-OH is 2. The number of hydrogen-bond donors (Lipinski definition) is 2. The van der Waals surface area contributed by atoms with E-state index < -0.39 is 6.10 Å². The van der Waals surface area contributed by atoms with Crippen molar-refractivity contribution in [2.45, 2.75) is 51.2 Å². The van der Waals surface area contributed by atoms with E-state index in [-0.39, 0.29) is 11.5 Å². The second kappa shape index (κ2) is 5.19. The van der Waals surface area contributed by atoms with E-state index in [2.05, 4.69) is 6.92 Å². The second-order valence-electron chi connectivity index (χ2n) is 5.16. The van der Waals surface area contributed by atoms with Crippen LogP contribution < -0.4 is 0 Å². The Kier molecular flexibility index (Phi) is 3.85. The van der Waals surface area contributed by atoms with Crippen LogP contribution in [0.15, 0.2) is 30.3 Å². The van der Waals surface area contributed by atoms with Gasteiger partial charge in [0, 0.05) is 5.41 Å². The molecule has 1 aliphatic rings. The van der Waals surface area contributed by atoms with Crippen molar-refractivity contribution in [1.82, 2.24) is 0 Å². The molecule has 1 fully saturated rings. The lowest BCUT2D eigenvalue weighted by Gasteiger charge is -2.44. The van der Waals surface area contributed by atoms with Crippen molar-refractivity contribution < 1.29 is 10.2 Å². The Morgan fingerprint density at radius 2 is 2.00 bits per heavy atom. The van der Waals surface area contributed by atoms with Crippen molar-refractivity contribution in [1.29, 1.82) is 0 Å². The van der Waals surface area contributed by atoms with Crippen LogP contribution in [0.5, 0.6) is 0 Å². The molecule has 0 saturated heterocycles. The molecule has 0 radical (unpaired) electrons. The van der Waals surface area contributed by atoms with E-state index in [0.29, 0.717) is 0 Å². The quantitative estimate of drug-likeness (QED) is 0.844. The summed E-state index contributed by atoms with van der Waals surface area (Å²) in [5, 5.41) is 20.9. The highest BCUT2D eigenvalue weighted by molar-refractivity contribution is 5.20. The highest BCUT2D eigenvalue weighted by atomic mass is 16.3. The minimum atomic E-state index is -0.552. The van der Waals surface area contributed by atoms with Crippen molar-refractivity contribution in [2.75, 3.05) is 0 Å². The average molecular weight is 234 g/mol. The topological polar surface area (TPSA) is 40.5 Å². The average Bonchev–Trinajstić information content (AvgIpc) is 2.40. The van der Waals surface area contributed by atoms with E-state index in [1.54, 1.807) is 0 Å².